The van der Waals surface area contributed by atoms with Crippen molar-refractivity contribution in [1.29, 1.82) is 0 Å². The summed E-state index contributed by atoms with van der Waals surface area (Å²) < 4.78 is 16.4. The maximum Gasteiger partial charge on any atom is 0.270 e. The summed E-state index contributed by atoms with van der Waals surface area (Å²) in [6.45, 7) is 3.66. The molecule has 2 aromatic heterocycles. The van der Waals surface area contributed by atoms with E-state index in [2.05, 4.69) is 12.2 Å². The average molecular weight is 490 g/mol. The minimum atomic E-state index is -0.275. The summed E-state index contributed by atoms with van der Waals surface area (Å²) in [6, 6.07) is 18.2. The zero-order chi connectivity index (χ0) is 24.4. The first kappa shape index (κ1) is 23.3. The van der Waals surface area contributed by atoms with Crippen LogP contribution in [-0.2, 0) is 17.8 Å². The van der Waals surface area contributed by atoms with Crippen LogP contribution in [0.25, 0.3) is 10.2 Å². The molecule has 7 heteroatoms. The van der Waals surface area contributed by atoms with Gasteiger partial charge >= 0.3 is 0 Å². The van der Waals surface area contributed by atoms with Crippen LogP contribution in [0.3, 0.4) is 0 Å². The lowest BCUT2D eigenvalue weighted by Gasteiger charge is -2.31. The van der Waals surface area contributed by atoms with Gasteiger partial charge in [-0.3, -0.25) is 9.59 Å². The highest BCUT2D eigenvalue weighted by Crippen LogP contribution is 2.29. The fraction of sp³-hybridized carbons (Fsp3) is 0.286. The lowest BCUT2D eigenvalue weighted by atomic mass is 9.95. The molecular weight excluding hydrogens is 461 g/mol. The molecule has 4 aromatic rings. The van der Waals surface area contributed by atoms with Crippen LogP contribution >= 0.6 is 11.3 Å². The minimum Gasteiger partial charge on any atom is -0.337 e. The Hall–Kier alpha value is -3.45. The Balaban J connectivity index is 1.28. The second-order valence-electron chi connectivity index (χ2n) is 8.98. The number of nitrogens with one attached hydrogen (secondary N) is 1. The number of para-hydroxylation sites is 1. The molecule has 1 fully saturated rings. The number of benzene rings is 2. The zero-order valence-electron chi connectivity index (χ0n) is 19.7. The van der Waals surface area contributed by atoms with Gasteiger partial charge in [-0.05, 0) is 66.1 Å². The van der Waals surface area contributed by atoms with Crippen LogP contribution in [0, 0.1) is 11.7 Å². The Morgan fingerprint density at radius 2 is 1.80 bits per heavy atom. The number of likely N-dealkylation sites (tertiary alicyclic amines) is 1. The number of hydrogen-bond acceptors (Lipinski definition) is 3. The molecule has 1 aliphatic rings. The van der Waals surface area contributed by atoms with Crippen LogP contribution < -0.4 is 5.32 Å². The van der Waals surface area contributed by atoms with Crippen LogP contribution in [0.1, 0.15) is 41.4 Å². The second-order valence-corrected chi connectivity index (χ2v) is 9.93. The van der Waals surface area contributed by atoms with E-state index in [0.29, 0.717) is 38.2 Å². The highest BCUT2D eigenvalue weighted by molar-refractivity contribution is 7.17. The van der Waals surface area contributed by atoms with E-state index in [-0.39, 0.29) is 23.5 Å². The smallest absolute Gasteiger partial charge is 0.270 e. The summed E-state index contributed by atoms with van der Waals surface area (Å²) in [5.74, 6) is -0.384. The lowest BCUT2D eigenvalue weighted by molar-refractivity contribution is -0.121. The molecule has 1 N–H and O–H groups in total. The first-order chi connectivity index (χ1) is 17.0. The van der Waals surface area contributed by atoms with E-state index in [1.54, 1.807) is 23.5 Å². The quantitative estimate of drug-likeness (QED) is 0.364. The second kappa shape index (κ2) is 10.0. The van der Waals surface area contributed by atoms with Gasteiger partial charge in [0.05, 0.1) is 10.2 Å². The van der Waals surface area contributed by atoms with Gasteiger partial charge in [0.15, 0.2) is 0 Å². The highest BCUT2D eigenvalue weighted by Gasteiger charge is 2.30. The molecule has 5 nitrogen and oxygen atoms in total. The van der Waals surface area contributed by atoms with Crippen LogP contribution in [0.2, 0.25) is 0 Å². The Labute approximate surface area is 208 Å². The molecule has 180 valence electrons. The first-order valence-electron chi connectivity index (χ1n) is 12.0. The third kappa shape index (κ3) is 4.86. The standard InChI is InChI=1S/C28H28FN3O2S/c1-2-20-5-3-4-6-23(20)30-27(33)21-11-14-31(15-12-21)28(34)25-17-26-24(13-16-35-26)32(25)18-19-7-9-22(29)10-8-19/h3-10,13,16-17,21H,2,11-12,14-15,18H2,1H3,(H,30,33). The van der Waals surface area contributed by atoms with Gasteiger partial charge in [0.2, 0.25) is 5.91 Å². The van der Waals surface area contributed by atoms with Crippen LogP contribution in [0.15, 0.2) is 66.0 Å². The summed E-state index contributed by atoms with van der Waals surface area (Å²) >= 11 is 1.60. The van der Waals surface area contributed by atoms with E-state index >= 15 is 0 Å². The zero-order valence-corrected chi connectivity index (χ0v) is 20.5. The van der Waals surface area contributed by atoms with Gasteiger partial charge in [0.1, 0.15) is 11.5 Å². The highest BCUT2D eigenvalue weighted by atomic mass is 32.1. The first-order valence-corrected chi connectivity index (χ1v) is 12.9. The van der Waals surface area contributed by atoms with E-state index in [4.69, 9.17) is 0 Å². The van der Waals surface area contributed by atoms with Gasteiger partial charge < -0.3 is 14.8 Å². The van der Waals surface area contributed by atoms with E-state index in [0.717, 1.165) is 33.5 Å². The molecule has 0 aliphatic carbocycles. The number of rotatable bonds is 6. The maximum atomic E-state index is 13.5. The molecule has 1 saturated heterocycles. The van der Waals surface area contributed by atoms with Gasteiger partial charge in [0.25, 0.3) is 5.91 Å². The molecule has 0 unspecified atom stereocenters. The fourth-order valence-corrected chi connectivity index (χ4v) is 5.61. The summed E-state index contributed by atoms with van der Waals surface area (Å²) in [4.78, 5) is 28.3. The van der Waals surface area contributed by atoms with E-state index < -0.39 is 0 Å². The number of thiophene rings is 1. The molecule has 2 amide bonds. The molecule has 0 bridgehead atoms. The average Bonchev–Trinajstić information content (AvgIpc) is 3.48. The maximum absolute atomic E-state index is 13.5. The Morgan fingerprint density at radius 1 is 1.06 bits per heavy atom. The minimum absolute atomic E-state index is 0.0225. The number of aryl methyl sites for hydroxylation is 1. The molecule has 1 aliphatic heterocycles. The van der Waals surface area contributed by atoms with Crippen molar-refractivity contribution < 1.29 is 14.0 Å². The third-order valence-electron chi connectivity index (χ3n) is 6.80. The van der Waals surface area contributed by atoms with Crippen molar-refractivity contribution in [2.45, 2.75) is 32.7 Å². The van der Waals surface area contributed by atoms with E-state index in [1.807, 2.05) is 51.2 Å². The third-order valence-corrected chi connectivity index (χ3v) is 7.66. The van der Waals surface area contributed by atoms with E-state index in [1.165, 1.54) is 12.1 Å². The SMILES string of the molecule is CCc1ccccc1NC(=O)C1CCN(C(=O)c2cc3sccc3n2Cc2ccc(F)cc2)CC1. The monoisotopic (exact) mass is 489 g/mol. The number of aromatic nitrogens is 1. The number of halogens is 1. The van der Waals surface area contributed by atoms with Crippen molar-refractivity contribution in [2.75, 3.05) is 18.4 Å². The molecular formula is C28H28FN3O2S. The van der Waals surface area contributed by atoms with Crippen molar-refractivity contribution >= 4 is 39.1 Å². The fourth-order valence-electron chi connectivity index (χ4n) is 4.79. The van der Waals surface area contributed by atoms with E-state index in [9.17, 15) is 14.0 Å². The van der Waals surface area contributed by atoms with Crippen molar-refractivity contribution in [2.24, 2.45) is 5.92 Å². The number of piperidine rings is 1. The topological polar surface area (TPSA) is 54.3 Å². The van der Waals surface area contributed by atoms with Crippen molar-refractivity contribution in [1.82, 2.24) is 9.47 Å². The Bertz CT molecular complexity index is 1350. The largest absolute Gasteiger partial charge is 0.337 e. The van der Waals surface area contributed by atoms with Gasteiger partial charge in [0, 0.05) is 31.2 Å². The van der Waals surface area contributed by atoms with Gasteiger partial charge in [-0.15, -0.1) is 11.3 Å². The molecule has 0 atom stereocenters. The number of amides is 2. The lowest BCUT2D eigenvalue weighted by Crippen LogP contribution is -2.42. The summed E-state index contributed by atoms with van der Waals surface area (Å²) in [5.41, 5.74) is 4.57. The van der Waals surface area contributed by atoms with Crippen LogP contribution in [0.5, 0.6) is 0 Å². The predicted octanol–water partition coefficient (Wildman–Crippen LogP) is 5.94. The summed E-state index contributed by atoms with van der Waals surface area (Å²) in [5, 5.41) is 5.10. The van der Waals surface area contributed by atoms with Gasteiger partial charge in [-0.2, -0.15) is 0 Å². The summed E-state index contributed by atoms with van der Waals surface area (Å²) in [6.07, 6.45) is 2.14. The van der Waals surface area contributed by atoms with Crippen molar-refractivity contribution in [3.8, 4) is 0 Å². The molecule has 0 spiro atoms. The molecule has 0 saturated carbocycles. The molecule has 35 heavy (non-hydrogen) atoms. The number of fused-ring (bicyclic) bond motifs is 1. The normalized spacial score (nSPS) is 14.4. The molecule has 2 aromatic carbocycles. The molecule has 5 rings (SSSR count). The van der Waals surface area contributed by atoms with Crippen molar-refractivity contribution in [3.63, 3.8) is 0 Å². The molecule has 0 radical (unpaired) electrons. The number of carbonyl (C=O) groups excluding carboxylic acids is 2. The Morgan fingerprint density at radius 3 is 2.54 bits per heavy atom. The number of anilines is 1. The van der Waals surface area contributed by atoms with Crippen molar-refractivity contribution in [3.05, 3.63) is 88.7 Å². The number of carbonyl (C=O) groups is 2. The Kier molecular flexibility index (Phi) is 6.68. The summed E-state index contributed by atoms with van der Waals surface area (Å²) in [7, 11) is 0. The van der Waals surface area contributed by atoms with Gasteiger partial charge in [-0.1, -0.05) is 37.3 Å². The van der Waals surface area contributed by atoms with Gasteiger partial charge in [-0.25, -0.2) is 4.39 Å². The van der Waals surface area contributed by atoms with Crippen LogP contribution in [0.4, 0.5) is 10.1 Å². The van der Waals surface area contributed by atoms with Crippen LogP contribution in [-0.4, -0.2) is 34.4 Å². The number of nitrogens with zero attached hydrogens (tertiary/aromatic N) is 2. The predicted molar refractivity (Wildman–Crippen MR) is 138 cm³/mol. The molecule has 3 heterocycles. The number of hydrogen-bond donors (Lipinski definition) is 1.